The lowest BCUT2D eigenvalue weighted by atomic mass is 9.67. The lowest BCUT2D eigenvalue weighted by Gasteiger charge is -2.42. The van der Waals surface area contributed by atoms with E-state index in [2.05, 4.69) is 232 Å². The van der Waals surface area contributed by atoms with E-state index in [0.717, 1.165) is 6.42 Å². The summed E-state index contributed by atoms with van der Waals surface area (Å²) >= 11 is 0. The van der Waals surface area contributed by atoms with Gasteiger partial charge in [-0.05, 0) is 127 Å². The van der Waals surface area contributed by atoms with E-state index in [-0.39, 0.29) is 27.6 Å². The Morgan fingerprint density at radius 3 is 1.17 bits per heavy atom. The van der Waals surface area contributed by atoms with Gasteiger partial charge in [0.1, 0.15) is 0 Å². The first-order valence-corrected chi connectivity index (χ1v) is 21.3. The maximum Gasteiger partial charge on any atom is 0.0503 e. The van der Waals surface area contributed by atoms with Crippen LogP contribution in [0.3, 0.4) is 0 Å². The lowest BCUT2D eigenvalue weighted by molar-refractivity contribution is 0.590. The van der Waals surface area contributed by atoms with E-state index in [1.54, 1.807) is 0 Å². The van der Waals surface area contributed by atoms with E-state index in [1.165, 1.54) is 84.3 Å². The minimum absolute atomic E-state index is 0.0766. The summed E-state index contributed by atoms with van der Waals surface area (Å²) in [4.78, 5) is 4.98. The summed E-state index contributed by atoms with van der Waals surface area (Å²) < 4.78 is 0. The van der Waals surface area contributed by atoms with Gasteiger partial charge in [0.15, 0.2) is 0 Å². The molecule has 0 spiro atoms. The van der Waals surface area contributed by atoms with E-state index in [9.17, 15) is 0 Å². The van der Waals surface area contributed by atoms with E-state index >= 15 is 0 Å². The van der Waals surface area contributed by atoms with Crippen LogP contribution in [0.2, 0.25) is 0 Å². The fourth-order valence-electron chi connectivity index (χ4n) is 8.84. The number of benzene rings is 4. The van der Waals surface area contributed by atoms with Crippen molar-refractivity contribution in [3.05, 3.63) is 201 Å². The smallest absolute Gasteiger partial charge is 0.0503 e. The Kier molecular flexibility index (Phi) is 9.66. The Morgan fingerprint density at radius 2 is 0.793 bits per heavy atom. The third kappa shape index (κ3) is 7.32. The van der Waals surface area contributed by atoms with Crippen molar-refractivity contribution in [1.82, 2.24) is 0 Å². The maximum atomic E-state index is 2.49. The van der Waals surface area contributed by atoms with Crippen LogP contribution in [0.1, 0.15) is 112 Å². The number of rotatable bonds is 6. The Morgan fingerprint density at radius 1 is 0.414 bits per heavy atom. The highest BCUT2D eigenvalue weighted by atomic mass is 15.2. The Labute approximate surface area is 349 Å². The average molecular weight is 763 g/mol. The third-order valence-corrected chi connectivity index (χ3v) is 12.4. The van der Waals surface area contributed by atoms with Crippen LogP contribution in [-0.2, 0) is 21.7 Å². The Balaban J connectivity index is 1.24. The molecule has 2 heteroatoms. The second-order valence-corrected chi connectivity index (χ2v) is 20.8. The predicted octanol–water partition coefficient (Wildman–Crippen LogP) is 15.3. The van der Waals surface area contributed by atoms with Crippen LogP contribution in [0.4, 0.5) is 22.7 Å². The summed E-state index contributed by atoms with van der Waals surface area (Å²) in [6, 6.07) is 37.0. The zero-order valence-corrected chi connectivity index (χ0v) is 37.0. The molecule has 8 rings (SSSR count). The molecule has 1 atom stereocenters. The van der Waals surface area contributed by atoms with Crippen molar-refractivity contribution in [2.45, 2.75) is 111 Å². The van der Waals surface area contributed by atoms with Crippen LogP contribution < -0.4 is 9.80 Å². The van der Waals surface area contributed by atoms with Crippen molar-refractivity contribution < 1.29 is 0 Å². The van der Waals surface area contributed by atoms with Gasteiger partial charge < -0.3 is 9.80 Å². The minimum atomic E-state index is 0.0766. The summed E-state index contributed by atoms with van der Waals surface area (Å²) in [5.41, 5.74) is 19.7. The molecule has 58 heavy (non-hydrogen) atoms. The van der Waals surface area contributed by atoms with Crippen molar-refractivity contribution in [2.75, 3.05) is 9.80 Å². The van der Waals surface area contributed by atoms with Crippen molar-refractivity contribution in [3.63, 3.8) is 0 Å². The second-order valence-electron chi connectivity index (χ2n) is 20.8. The molecule has 4 aliphatic rings. The van der Waals surface area contributed by atoms with Crippen molar-refractivity contribution in [3.8, 4) is 0 Å². The van der Waals surface area contributed by atoms with Crippen molar-refractivity contribution >= 4 is 22.7 Å². The molecule has 4 aromatic carbocycles. The molecule has 0 fully saturated rings. The molecule has 0 radical (unpaired) electrons. The fourth-order valence-corrected chi connectivity index (χ4v) is 8.84. The van der Waals surface area contributed by atoms with Crippen LogP contribution in [0.15, 0.2) is 179 Å². The summed E-state index contributed by atoms with van der Waals surface area (Å²) in [6.45, 7) is 27.5. The summed E-state index contributed by atoms with van der Waals surface area (Å²) in [5.74, 6) is 0.141. The van der Waals surface area contributed by atoms with E-state index in [0.29, 0.717) is 0 Å². The van der Waals surface area contributed by atoms with E-state index < -0.39 is 0 Å². The highest BCUT2D eigenvalue weighted by Gasteiger charge is 2.39. The largest absolute Gasteiger partial charge is 0.310 e. The van der Waals surface area contributed by atoms with Crippen LogP contribution in [0, 0.1) is 5.92 Å². The molecule has 0 saturated heterocycles. The molecule has 4 aromatic rings. The average Bonchev–Trinajstić information content (AvgIpc) is 3.17. The molecule has 0 aliphatic heterocycles. The van der Waals surface area contributed by atoms with Gasteiger partial charge in [-0.15, -0.1) is 0 Å². The molecule has 0 amide bonds. The molecule has 2 nitrogen and oxygen atoms in total. The topological polar surface area (TPSA) is 6.48 Å². The quantitative estimate of drug-likeness (QED) is 0.193. The zero-order chi connectivity index (χ0) is 41.4. The monoisotopic (exact) mass is 762 g/mol. The minimum Gasteiger partial charge on any atom is -0.310 e. The highest BCUT2D eigenvalue weighted by Crippen LogP contribution is 2.53. The molecular formula is C56H62N2. The first-order valence-electron chi connectivity index (χ1n) is 21.3. The summed E-state index contributed by atoms with van der Waals surface area (Å²) in [6.07, 6.45) is 17.6. The fraction of sp³-hybridized carbons (Fsp3) is 0.321. The number of allylic oxidation sites excluding steroid dienone is 11. The number of hydrogen-bond acceptors (Lipinski definition) is 2. The lowest BCUT2D eigenvalue weighted by Crippen LogP contribution is -2.31. The van der Waals surface area contributed by atoms with E-state index in [4.69, 9.17) is 0 Å². The van der Waals surface area contributed by atoms with Crippen molar-refractivity contribution in [1.29, 1.82) is 0 Å². The molecule has 296 valence electrons. The SMILES string of the molecule is CC(C)(C)c1ccc(N(C2=CC=C3C=CC4=C5C(=CC=C2C35)CC=C4N(c2ccc(C(C)(C)C)cc2)c2ccc(C(C)(C)C)cc2)c2ccc(C(C)(C)C)cc2)cc1. The van der Waals surface area contributed by atoms with Gasteiger partial charge in [-0.25, -0.2) is 0 Å². The number of hydrogen-bond donors (Lipinski definition) is 0. The van der Waals surface area contributed by atoms with Gasteiger partial charge in [-0.3, -0.25) is 0 Å². The van der Waals surface area contributed by atoms with Gasteiger partial charge in [0.05, 0.1) is 11.4 Å². The van der Waals surface area contributed by atoms with Crippen LogP contribution in [0.25, 0.3) is 0 Å². The van der Waals surface area contributed by atoms with E-state index in [1.807, 2.05) is 0 Å². The highest BCUT2D eigenvalue weighted by molar-refractivity contribution is 5.81. The van der Waals surface area contributed by atoms with Gasteiger partial charge in [0.2, 0.25) is 0 Å². The molecular weight excluding hydrogens is 701 g/mol. The van der Waals surface area contributed by atoms with Gasteiger partial charge in [-0.1, -0.05) is 168 Å². The summed E-state index contributed by atoms with van der Waals surface area (Å²) in [7, 11) is 0. The molecule has 1 unspecified atom stereocenters. The first-order chi connectivity index (χ1) is 27.3. The Bertz CT molecular complexity index is 2330. The number of nitrogens with zero attached hydrogens (tertiary/aromatic N) is 2. The first kappa shape index (κ1) is 39.5. The van der Waals surface area contributed by atoms with Crippen LogP contribution in [0.5, 0.6) is 0 Å². The van der Waals surface area contributed by atoms with Crippen LogP contribution in [-0.4, -0.2) is 0 Å². The standard InChI is InChI=1S/C56H62N2/c1-53(2,3)39-17-25-43(26-18-39)57(44-27-19-40(20-28-44)54(4,5)6)49-35-15-37-14-34-48-50(36-16-38-13-33-47(49)51(37)52(38)48)58(45-29-21-41(22-30-45)55(7,8)9)46-31-23-42(24-32-46)56(10,11)12/h13-15,17-36,51H,16H2,1-12H3. The third-order valence-electron chi connectivity index (χ3n) is 12.4. The molecule has 0 aromatic heterocycles. The normalized spacial score (nSPS) is 17.8. The van der Waals surface area contributed by atoms with Crippen LogP contribution >= 0.6 is 0 Å². The van der Waals surface area contributed by atoms with Gasteiger partial charge in [0.25, 0.3) is 0 Å². The summed E-state index contributed by atoms with van der Waals surface area (Å²) in [5, 5.41) is 0. The maximum absolute atomic E-state index is 2.49. The second kappa shape index (κ2) is 14.2. The molecule has 0 saturated carbocycles. The molecule has 0 N–H and O–H groups in total. The molecule has 4 aliphatic carbocycles. The van der Waals surface area contributed by atoms with Gasteiger partial charge in [-0.2, -0.15) is 0 Å². The van der Waals surface area contributed by atoms with Gasteiger partial charge >= 0.3 is 0 Å². The van der Waals surface area contributed by atoms with Crippen molar-refractivity contribution in [2.24, 2.45) is 5.92 Å². The zero-order valence-electron chi connectivity index (χ0n) is 37.0. The Hall–Kier alpha value is -5.34. The molecule has 0 heterocycles. The molecule has 0 bridgehead atoms. The van der Waals surface area contributed by atoms with Gasteiger partial charge in [0, 0.05) is 34.2 Å². The number of anilines is 4. The predicted molar refractivity (Wildman–Crippen MR) is 250 cm³/mol.